The van der Waals surface area contributed by atoms with Crippen LogP contribution in [0.25, 0.3) is 213 Å². The van der Waals surface area contributed by atoms with Gasteiger partial charge in [0.2, 0.25) is 0 Å². The molecule has 0 fully saturated rings. The first kappa shape index (κ1) is 78.3. The van der Waals surface area contributed by atoms with Gasteiger partial charge >= 0.3 is 0 Å². The number of fused-ring (bicyclic) bond motifs is 3. The van der Waals surface area contributed by atoms with Crippen LogP contribution in [-0.2, 0) is 0 Å². The number of aromatic nitrogens is 10. The number of benzene rings is 14. The van der Waals surface area contributed by atoms with Gasteiger partial charge in [-0.25, -0.2) is 29.9 Å². The van der Waals surface area contributed by atoms with Gasteiger partial charge in [0.1, 0.15) is 11.2 Å². The molecule has 0 radical (unpaired) electrons. The highest BCUT2D eigenvalue weighted by Crippen LogP contribution is 2.40. The van der Waals surface area contributed by atoms with E-state index in [9.17, 15) is 0 Å². The largest absolute Gasteiger partial charge is 0.455 e. The van der Waals surface area contributed by atoms with Crippen molar-refractivity contribution in [1.29, 1.82) is 0 Å². The first-order chi connectivity index (χ1) is 62.9. The molecule has 8 heterocycles. The van der Waals surface area contributed by atoms with Crippen LogP contribution in [0.2, 0.25) is 0 Å². The number of hydrogen-bond donors (Lipinski definition) is 0. The second-order valence-corrected chi connectivity index (χ2v) is 30.7. The van der Waals surface area contributed by atoms with E-state index in [4.69, 9.17) is 34.3 Å². The highest BCUT2D eigenvalue weighted by molar-refractivity contribution is 6.09. The predicted molar refractivity (Wildman–Crippen MR) is 517 cm³/mol. The monoisotopic (exact) mass is 1630 g/mol. The van der Waals surface area contributed by atoms with E-state index >= 15 is 0 Å². The van der Waals surface area contributed by atoms with Gasteiger partial charge in [0, 0.05) is 122 Å². The Bertz CT molecular complexity index is 7220. The van der Waals surface area contributed by atoms with E-state index in [0.717, 1.165) is 145 Å². The molecule has 0 saturated carbocycles. The summed E-state index contributed by atoms with van der Waals surface area (Å²) in [5.41, 5.74) is 34.3. The lowest BCUT2D eigenvalue weighted by molar-refractivity contribution is 0.670. The second-order valence-electron chi connectivity index (χ2n) is 30.7. The summed E-state index contributed by atoms with van der Waals surface area (Å²) in [7, 11) is 0. The van der Waals surface area contributed by atoms with Crippen LogP contribution in [0.5, 0.6) is 0 Å². The van der Waals surface area contributed by atoms with Crippen molar-refractivity contribution in [2.24, 2.45) is 0 Å². The van der Waals surface area contributed by atoms with Crippen LogP contribution in [0.4, 0.5) is 0 Å². The Morgan fingerprint density at radius 1 is 0.150 bits per heavy atom. The van der Waals surface area contributed by atoms with Crippen LogP contribution in [0.15, 0.2) is 479 Å². The van der Waals surface area contributed by atoms with Crippen molar-refractivity contribution in [3.05, 3.63) is 474 Å². The maximum atomic E-state index is 6.29. The average molecular weight is 1630 g/mol. The molecule has 0 bridgehead atoms. The van der Waals surface area contributed by atoms with Crippen LogP contribution in [0.1, 0.15) is 0 Å². The average Bonchev–Trinajstić information content (AvgIpc) is 1.60. The number of hydrogen-bond acceptors (Lipinski definition) is 11. The lowest BCUT2D eigenvalue weighted by Crippen LogP contribution is -1.96. The van der Waals surface area contributed by atoms with Gasteiger partial charge < -0.3 is 4.42 Å². The zero-order valence-electron chi connectivity index (χ0n) is 68.9. The van der Waals surface area contributed by atoms with Crippen molar-refractivity contribution in [3.8, 4) is 191 Å². The van der Waals surface area contributed by atoms with Gasteiger partial charge in [0.15, 0.2) is 17.5 Å². The molecule has 8 aromatic heterocycles. The van der Waals surface area contributed by atoms with Crippen molar-refractivity contribution in [3.63, 3.8) is 0 Å². The minimum Gasteiger partial charge on any atom is -0.455 e. The Balaban J connectivity index is 0.000000120. The lowest BCUT2D eigenvalue weighted by Gasteiger charge is -2.11. The second kappa shape index (κ2) is 36.6. The molecule has 22 aromatic rings. The molecule has 0 N–H and O–H groups in total. The highest BCUT2D eigenvalue weighted by Gasteiger charge is 2.19. The molecule has 0 atom stereocenters. The van der Waals surface area contributed by atoms with Gasteiger partial charge in [-0.2, -0.15) is 0 Å². The summed E-state index contributed by atoms with van der Waals surface area (Å²) < 4.78 is 6.29. The number of para-hydroxylation sites is 2. The highest BCUT2D eigenvalue weighted by atomic mass is 16.3. The summed E-state index contributed by atoms with van der Waals surface area (Å²) >= 11 is 0. The summed E-state index contributed by atoms with van der Waals surface area (Å²) in [5, 5.41) is 2.25. The molecule has 0 amide bonds. The lowest BCUT2D eigenvalue weighted by atomic mass is 9.97. The minimum atomic E-state index is 0.642. The Labute approximate surface area is 736 Å². The van der Waals surface area contributed by atoms with Gasteiger partial charge in [0.25, 0.3) is 0 Å². The Kier molecular flexibility index (Phi) is 22.5. The van der Waals surface area contributed by atoms with E-state index in [1.165, 1.54) is 50.1 Å². The number of pyridine rings is 4. The molecule has 598 valence electrons. The molecule has 11 nitrogen and oxygen atoms in total. The third kappa shape index (κ3) is 17.8. The third-order valence-corrected chi connectivity index (χ3v) is 22.6. The van der Waals surface area contributed by atoms with Gasteiger partial charge in [-0.05, 0) is 157 Å². The zero-order valence-corrected chi connectivity index (χ0v) is 68.9. The SMILES string of the molecule is c1ccc(-c2ccc(-c3cc(-c4ccc(-c5cccc(-c6ccccc6)c5)cc4)nc(-c4cccnc4)n3)cc2)cc1.c1ccc(-c2ccc(-c3cc(-c4ccc(-c5cccc(-c6cccnc6)c5)cc4)nc(-c4cccnc4)n3)cc2)cc1.c1ccc(-c2ccc(-c3cc(-c4ccc(-c5cccc6c5oc5ccccc56)cc4)nc(-c4cccnc4)n3)cc2)cc1. The van der Waals surface area contributed by atoms with Crippen molar-refractivity contribution in [2.75, 3.05) is 0 Å². The molecule has 0 aliphatic heterocycles. The van der Waals surface area contributed by atoms with Gasteiger partial charge in [0.05, 0.1) is 34.2 Å². The molecular formula is C116H78N10O. The van der Waals surface area contributed by atoms with Crippen LogP contribution in [0.3, 0.4) is 0 Å². The first-order valence-electron chi connectivity index (χ1n) is 42.2. The molecule has 0 unspecified atom stereocenters. The number of furan rings is 1. The summed E-state index contributed by atoms with van der Waals surface area (Å²) in [4.78, 5) is 47.0. The predicted octanol–water partition coefficient (Wildman–Crippen LogP) is 29.2. The first-order valence-corrected chi connectivity index (χ1v) is 42.2. The standard InChI is InChI=1S/C39H25N3O.C39H27N3.C38H26N4/c1-2-8-26(9-3-1)27-15-19-29(20-16-27)35-24-36(42-39(41-35)31-10-7-23-40-25-31)30-21-17-28(18-22-30)32-12-6-13-34-33-11-4-5-14-37(33)43-38(32)34;1-3-9-28(10-4-1)30-16-20-32(21-17-30)37-26-38(42-39(41-37)36-15-8-24-40-27-36)33-22-18-31(19-23-33)35-14-7-13-34(25-35)29-11-5-2-6-12-29;1-2-7-27(8-3-1)28-13-17-30(18-14-28)36-24-37(42-38(41-36)35-12-6-22-40-26-35)31-19-15-29(16-20-31)32-9-4-10-33(23-32)34-11-5-21-39-25-34/h1-25H;1-27H;1-26H. The zero-order chi connectivity index (χ0) is 84.9. The van der Waals surface area contributed by atoms with Crippen molar-refractivity contribution < 1.29 is 4.42 Å². The fourth-order valence-electron chi connectivity index (χ4n) is 15.9. The van der Waals surface area contributed by atoms with Crippen LogP contribution >= 0.6 is 0 Å². The Morgan fingerprint density at radius 2 is 0.378 bits per heavy atom. The molecule has 11 heteroatoms. The molecule has 0 aliphatic carbocycles. The van der Waals surface area contributed by atoms with Crippen LogP contribution < -0.4 is 0 Å². The molecule has 0 spiro atoms. The molecule has 127 heavy (non-hydrogen) atoms. The fourth-order valence-corrected chi connectivity index (χ4v) is 15.9. The van der Waals surface area contributed by atoms with E-state index < -0.39 is 0 Å². The maximum Gasteiger partial charge on any atom is 0.161 e. The van der Waals surface area contributed by atoms with E-state index in [0.29, 0.717) is 17.5 Å². The van der Waals surface area contributed by atoms with Gasteiger partial charge in [-0.1, -0.05) is 346 Å². The summed E-state index contributed by atoms with van der Waals surface area (Å²) in [6, 6.07) is 147. The van der Waals surface area contributed by atoms with E-state index in [1.54, 1.807) is 37.2 Å². The summed E-state index contributed by atoms with van der Waals surface area (Å²) in [5.74, 6) is 1.95. The van der Waals surface area contributed by atoms with E-state index in [-0.39, 0.29) is 0 Å². The van der Waals surface area contributed by atoms with Gasteiger partial charge in [-0.15, -0.1) is 0 Å². The van der Waals surface area contributed by atoms with Crippen LogP contribution in [0, 0.1) is 0 Å². The van der Waals surface area contributed by atoms with Crippen molar-refractivity contribution in [2.45, 2.75) is 0 Å². The van der Waals surface area contributed by atoms with E-state index in [1.807, 2.05) is 97.3 Å². The Morgan fingerprint density at radius 3 is 0.693 bits per heavy atom. The smallest absolute Gasteiger partial charge is 0.161 e. The maximum absolute atomic E-state index is 6.29. The minimum absolute atomic E-state index is 0.642. The summed E-state index contributed by atoms with van der Waals surface area (Å²) in [6.07, 6.45) is 14.4. The van der Waals surface area contributed by atoms with Crippen molar-refractivity contribution >= 4 is 21.9 Å². The third-order valence-electron chi connectivity index (χ3n) is 22.6. The topological polar surface area (TPSA) is 142 Å². The fraction of sp³-hybridized carbons (Fsp3) is 0. The van der Waals surface area contributed by atoms with Gasteiger partial charge in [-0.3, -0.25) is 19.9 Å². The molecule has 0 aliphatic rings. The summed E-state index contributed by atoms with van der Waals surface area (Å²) in [6.45, 7) is 0. The van der Waals surface area contributed by atoms with E-state index in [2.05, 4.69) is 360 Å². The van der Waals surface area contributed by atoms with Crippen molar-refractivity contribution in [1.82, 2.24) is 49.8 Å². The quantitative estimate of drug-likeness (QED) is 0.0860. The van der Waals surface area contributed by atoms with Crippen LogP contribution in [-0.4, -0.2) is 49.8 Å². The molecule has 0 saturated heterocycles. The number of rotatable bonds is 17. The number of nitrogens with zero attached hydrogens (tertiary/aromatic N) is 10. The normalized spacial score (nSPS) is 11.0. The molecular weight excluding hydrogens is 1550 g/mol. The molecule has 14 aromatic carbocycles. The Hall–Kier alpha value is -17.3. The molecule has 22 rings (SSSR count).